The van der Waals surface area contributed by atoms with Crippen molar-refractivity contribution in [2.75, 3.05) is 100 Å². The van der Waals surface area contributed by atoms with Gasteiger partial charge in [0, 0.05) is 62.3 Å². The third-order valence-corrected chi connectivity index (χ3v) is 11.2. The fraction of sp³-hybridized carbons (Fsp3) is 0.562. The number of rotatable bonds is 16. The highest BCUT2D eigenvalue weighted by atomic mass is 35.5. The summed E-state index contributed by atoms with van der Waals surface area (Å²) >= 11 is 14.4. The Labute approximate surface area is 623 Å². The molecule has 0 aromatic heterocycles. The molecular weight excluding hydrogens is 1380 g/mol. The Bertz CT molecular complexity index is 2830. The lowest BCUT2D eigenvalue weighted by molar-refractivity contribution is -0.140. The van der Waals surface area contributed by atoms with E-state index in [1.54, 1.807) is 139 Å². The number of alkyl halides is 2. The van der Waals surface area contributed by atoms with E-state index in [9.17, 15) is 38.4 Å². The van der Waals surface area contributed by atoms with Crippen molar-refractivity contribution in [3.8, 4) is 23.0 Å². The monoisotopic (exact) mass is 1500 g/mol. The summed E-state index contributed by atoms with van der Waals surface area (Å²) in [6.07, 6.45) is -0.655. The first-order valence-electron chi connectivity index (χ1n) is 32.5. The third-order valence-electron chi connectivity index (χ3n) is 10.9. The lowest BCUT2D eigenvalue weighted by Crippen LogP contribution is -2.33. The Morgan fingerprint density at radius 1 is 0.451 bits per heavy atom. The summed E-state index contributed by atoms with van der Waals surface area (Å²) in [5.74, 6) is 1.38. The van der Waals surface area contributed by atoms with Gasteiger partial charge in [0.1, 0.15) is 45.4 Å². The molecular formula is C73H123Cl3N8O18. The zero-order chi connectivity index (χ0) is 79.1. The van der Waals surface area contributed by atoms with Gasteiger partial charge in [0.25, 0.3) is 0 Å². The number of hydrogen-bond donors (Lipinski definition) is 6. The van der Waals surface area contributed by atoms with E-state index in [0.717, 1.165) is 29.5 Å². The lowest BCUT2D eigenvalue weighted by Gasteiger charge is -2.20. The number of carbonyl (C=O) groups excluding carboxylic acids is 8. The van der Waals surface area contributed by atoms with E-state index in [-0.39, 0.29) is 30.6 Å². The molecule has 0 spiro atoms. The second-order valence-corrected chi connectivity index (χ2v) is 26.5. The van der Waals surface area contributed by atoms with E-state index in [1.165, 1.54) is 46.8 Å². The Kier molecular flexibility index (Phi) is 61.2. The molecule has 0 atom stereocenters. The number of nitrogens with zero attached hydrogens (tertiary/aromatic N) is 4. The van der Waals surface area contributed by atoms with Crippen LogP contribution in [0, 0.1) is 0 Å². The van der Waals surface area contributed by atoms with Gasteiger partial charge < -0.3 is 89.8 Å². The SMILES string of the molecule is C.CC(C)(C)OC(=O)NCCc1ccc(O)cc1.CC(C)(C)OC(=O)OC(=O)OC(C)(C)C.CCN(CC)CC.CCOC(C)=O.CN(C)C(=O)Cl.CN(C)C(=O)Oc1ccc(CCN)cc1.CN(C)C(=O)Oc1ccc(CCNC(=O)OC(C)(C)C)cc1.ClCCl.NCCc1ccc(O)cc1. The number of phenols is 2. The van der Waals surface area contributed by atoms with Gasteiger partial charge in [0.15, 0.2) is 0 Å². The van der Waals surface area contributed by atoms with Crippen LogP contribution in [0.2, 0.25) is 0 Å². The highest BCUT2D eigenvalue weighted by Gasteiger charge is 2.24. The smallest absolute Gasteiger partial charge is 0.508 e. The number of hydrogen-bond acceptors (Lipinski definition) is 21. The normalized spacial score (nSPS) is 10.1. The summed E-state index contributed by atoms with van der Waals surface area (Å²) in [6.45, 7) is 37.0. The average molecular weight is 1510 g/mol. The first-order valence-corrected chi connectivity index (χ1v) is 34.0. The minimum atomic E-state index is -1.06. The molecule has 0 aliphatic heterocycles. The topological polar surface area (TPSA) is 340 Å². The van der Waals surface area contributed by atoms with Crippen LogP contribution in [-0.2, 0) is 58.9 Å². The van der Waals surface area contributed by atoms with Gasteiger partial charge >= 0.3 is 48.0 Å². The molecule has 0 unspecified atom stereocenters. The standard InChI is InChI=1S/C16H24N2O4.C13H19NO3.C11H16N2O2.C10H18O5.C8H11NO.C6H15N.C4H8O2.C3H6ClNO.CH2Cl2.CH4/c1-16(2,3)22-14(19)17-11-10-12-6-8-13(9-7-12)21-15(20)18(4)5;1-13(2,3)17-12(16)14-9-8-10-4-6-11(15)7-5-10;1-13(2)11(14)15-10-5-3-9(4-6-10)7-8-12;1-9(2,3)14-7(11)13-8(12)15-10(4,5)6;9-6-5-7-1-3-8(10)4-2-7;1-4-7(5-2)6-3;1-3-6-4(2)5;1-5(2)3(4)6;2-1-3;/h6-9H,10-11H2,1-5H3,(H,17,19);4-7,15H,8-9H2,1-3H3,(H,14,16);3-6H,7-8,12H2,1-2H3;1-6H3;1-4,10H,5-6,9H2;4-6H2,1-3H3;3H2,1-2H3;1-2H3;1H2;1H4. The van der Waals surface area contributed by atoms with Gasteiger partial charge in [-0.3, -0.25) is 9.59 Å². The van der Waals surface area contributed by atoms with Crippen molar-refractivity contribution in [1.82, 2.24) is 30.2 Å². The van der Waals surface area contributed by atoms with E-state index in [2.05, 4.69) is 45.8 Å². The maximum atomic E-state index is 11.5. The summed E-state index contributed by atoms with van der Waals surface area (Å²) < 4.78 is 38.6. The summed E-state index contributed by atoms with van der Waals surface area (Å²) in [7, 11) is 9.72. The van der Waals surface area contributed by atoms with Gasteiger partial charge in [0.05, 0.1) is 11.9 Å². The van der Waals surface area contributed by atoms with Gasteiger partial charge in [-0.1, -0.05) is 76.7 Å². The van der Waals surface area contributed by atoms with Crippen LogP contribution >= 0.6 is 34.8 Å². The Morgan fingerprint density at radius 2 is 0.706 bits per heavy atom. The van der Waals surface area contributed by atoms with Crippen LogP contribution in [0.4, 0.5) is 33.6 Å². The van der Waals surface area contributed by atoms with Crippen molar-refractivity contribution in [2.24, 2.45) is 11.5 Å². The highest BCUT2D eigenvalue weighted by Crippen LogP contribution is 2.17. The summed E-state index contributed by atoms with van der Waals surface area (Å²) in [4.78, 5) is 93.5. The van der Waals surface area contributed by atoms with E-state index in [4.69, 9.17) is 84.9 Å². The largest absolute Gasteiger partial charge is 0.519 e. The van der Waals surface area contributed by atoms with E-state index in [1.807, 2.05) is 90.1 Å². The van der Waals surface area contributed by atoms with Crippen molar-refractivity contribution in [3.63, 3.8) is 0 Å². The fourth-order valence-electron chi connectivity index (χ4n) is 6.22. The second kappa shape index (κ2) is 59.5. The van der Waals surface area contributed by atoms with E-state index in [0.29, 0.717) is 62.9 Å². The maximum Gasteiger partial charge on any atom is 0.519 e. The number of nitrogens with two attached hydrogens (primary N) is 2. The molecule has 0 fully saturated rings. The van der Waals surface area contributed by atoms with Gasteiger partial charge in [0.2, 0.25) is 0 Å². The number of phenolic OH excluding ortho intramolecular Hbond substituents is 2. The number of benzene rings is 4. The molecule has 29 heteroatoms. The number of aromatic hydroxyl groups is 2. The molecule has 4 rings (SSSR count). The summed E-state index contributed by atoms with van der Waals surface area (Å²) in [5.41, 5.74) is 12.8. The molecule has 4 aromatic carbocycles. The number of esters is 1. The Hall–Kier alpha value is -8.01. The first-order chi connectivity index (χ1) is 46.7. The van der Waals surface area contributed by atoms with Gasteiger partial charge in [-0.2, -0.15) is 0 Å². The molecule has 0 radical (unpaired) electrons. The highest BCUT2D eigenvalue weighted by molar-refractivity contribution is 6.62. The molecule has 102 heavy (non-hydrogen) atoms. The van der Waals surface area contributed by atoms with E-state index < -0.39 is 58.4 Å². The van der Waals surface area contributed by atoms with Crippen LogP contribution in [0.3, 0.4) is 0 Å². The number of amides is 5. The fourth-order valence-corrected chi connectivity index (χ4v) is 6.22. The molecule has 26 nitrogen and oxygen atoms in total. The Balaban J connectivity index is -0.000000265. The quantitative estimate of drug-likeness (QED) is 0.0152. The minimum Gasteiger partial charge on any atom is -0.508 e. The predicted molar refractivity (Wildman–Crippen MR) is 407 cm³/mol. The van der Waals surface area contributed by atoms with Gasteiger partial charge in [-0.05, 0) is 231 Å². The van der Waals surface area contributed by atoms with Crippen LogP contribution < -0.4 is 31.6 Å². The summed E-state index contributed by atoms with van der Waals surface area (Å²) in [5, 5.41) is 23.1. The number of carbonyl (C=O) groups is 8. The third kappa shape index (κ3) is 71.8. The van der Waals surface area contributed by atoms with Crippen LogP contribution in [0.1, 0.15) is 147 Å². The van der Waals surface area contributed by atoms with Crippen molar-refractivity contribution in [3.05, 3.63) is 119 Å². The zero-order valence-corrected chi connectivity index (χ0v) is 66.2. The number of halogens is 3. The number of nitrogens with one attached hydrogen (secondary N) is 2. The van der Waals surface area contributed by atoms with Crippen LogP contribution in [-0.4, -0.2) is 200 Å². The number of alkyl carbamates (subject to hydrolysis) is 2. The maximum absolute atomic E-state index is 11.5. The molecule has 5 amide bonds. The molecule has 0 saturated carbocycles. The van der Waals surface area contributed by atoms with Crippen LogP contribution in [0.5, 0.6) is 23.0 Å². The molecule has 0 heterocycles. The van der Waals surface area contributed by atoms with Crippen molar-refractivity contribution < 1.29 is 86.5 Å². The Morgan fingerprint density at radius 3 is 0.892 bits per heavy atom. The van der Waals surface area contributed by atoms with Gasteiger partial charge in [-0.25, -0.2) is 28.8 Å². The second-order valence-electron chi connectivity index (χ2n) is 25.4. The molecule has 4 aromatic rings. The molecule has 8 N–H and O–H groups in total. The number of ether oxygens (including phenoxy) is 8. The van der Waals surface area contributed by atoms with Crippen LogP contribution in [0.25, 0.3) is 0 Å². The minimum absolute atomic E-state index is 0. The van der Waals surface area contributed by atoms with E-state index >= 15 is 0 Å². The van der Waals surface area contributed by atoms with Crippen molar-refractivity contribution in [2.45, 2.75) is 173 Å². The van der Waals surface area contributed by atoms with Gasteiger partial charge in [-0.15, -0.1) is 23.2 Å². The van der Waals surface area contributed by atoms with Crippen molar-refractivity contribution >= 4 is 82.8 Å². The average Bonchev–Trinajstić information content (AvgIpc) is 0.912. The van der Waals surface area contributed by atoms with Crippen molar-refractivity contribution in [1.29, 1.82) is 0 Å². The molecule has 0 bridgehead atoms. The predicted octanol–water partition coefficient (Wildman–Crippen LogP) is 15.2. The zero-order valence-electron chi connectivity index (χ0n) is 63.9. The first kappa shape index (κ1) is 105. The molecule has 584 valence electrons. The van der Waals surface area contributed by atoms with Crippen LogP contribution in [0.15, 0.2) is 97.1 Å². The molecule has 0 saturated heterocycles. The summed E-state index contributed by atoms with van der Waals surface area (Å²) in [6, 6.07) is 28.5. The molecule has 0 aliphatic carbocycles. The molecule has 0 aliphatic rings. The lowest BCUT2D eigenvalue weighted by atomic mass is 10.1.